The number of carbonyl (C=O) groups excluding carboxylic acids is 1. The Morgan fingerprint density at radius 3 is 2.55 bits per heavy atom. The van der Waals surface area contributed by atoms with Gasteiger partial charge in [-0.05, 0) is 19.9 Å². The van der Waals surface area contributed by atoms with Gasteiger partial charge < -0.3 is 14.8 Å². The minimum atomic E-state index is -0.166. The van der Waals surface area contributed by atoms with Gasteiger partial charge in [0.25, 0.3) is 0 Å². The number of hydrogen-bond donors (Lipinski definition) is 1. The fraction of sp³-hybridized carbons (Fsp3) is 0.312. The third-order valence-corrected chi connectivity index (χ3v) is 3.08. The van der Waals surface area contributed by atoms with Crippen LogP contribution >= 0.6 is 0 Å². The summed E-state index contributed by atoms with van der Waals surface area (Å²) in [5.74, 6) is 2.26. The fourth-order valence-electron chi connectivity index (χ4n) is 2.14. The van der Waals surface area contributed by atoms with E-state index in [1.165, 1.54) is 0 Å². The molecular weight excluding hydrogens is 282 g/mol. The van der Waals surface area contributed by atoms with Crippen LogP contribution in [0.1, 0.15) is 17.1 Å². The summed E-state index contributed by atoms with van der Waals surface area (Å²) in [6, 6.07) is 7.09. The zero-order valence-electron chi connectivity index (χ0n) is 13.1. The summed E-state index contributed by atoms with van der Waals surface area (Å²) in [7, 11) is 3.15. The second-order valence-corrected chi connectivity index (χ2v) is 4.84. The van der Waals surface area contributed by atoms with Crippen molar-refractivity contribution in [3.8, 4) is 11.5 Å². The van der Waals surface area contributed by atoms with Crippen molar-refractivity contribution in [2.45, 2.75) is 20.3 Å². The van der Waals surface area contributed by atoms with Crippen molar-refractivity contribution < 1.29 is 14.3 Å². The number of hydrogen-bond acceptors (Lipinski definition) is 5. The third-order valence-electron chi connectivity index (χ3n) is 3.08. The highest BCUT2D eigenvalue weighted by Crippen LogP contribution is 2.25. The van der Waals surface area contributed by atoms with Gasteiger partial charge in [0.05, 0.1) is 20.6 Å². The van der Waals surface area contributed by atoms with Crippen LogP contribution in [-0.2, 0) is 11.2 Å². The number of carbonyl (C=O) groups is 1. The first kappa shape index (κ1) is 15.8. The van der Waals surface area contributed by atoms with E-state index in [1.54, 1.807) is 39.3 Å². The molecule has 0 aliphatic rings. The zero-order valence-corrected chi connectivity index (χ0v) is 13.1. The average molecular weight is 301 g/mol. The second-order valence-electron chi connectivity index (χ2n) is 4.84. The minimum Gasteiger partial charge on any atom is -0.497 e. The summed E-state index contributed by atoms with van der Waals surface area (Å²) in [5, 5.41) is 2.78. The lowest BCUT2D eigenvalue weighted by atomic mass is 10.1. The number of anilines is 1. The van der Waals surface area contributed by atoms with E-state index in [-0.39, 0.29) is 12.3 Å². The molecule has 2 rings (SSSR count). The Bertz CT molecular complexity index is 666. The summed E-state index contributed by atoms with van der Waals surface area (Å²) in [6.45, 7) is 3.64. The van der Waals surface area contributed by atoms with Crippen LogP contribution < -0.4 is 14.8 Å². The van der Waals surface area contributed by atoms with Gasteiger partial charge in [-0.1, -0.05) is 6.07 Å². The van der Waals surface area contributed by atoms with Crippen molar-refractivity contribution in [3.05, 3.63) is 41.3 Å². The van der Waals surface area contributed by atoms with E-state index >= 15 is 0 Å². The van der Waals surface area contributed by atoms with Crippen molar-refractivity contribution >= 4 is 11.7 Å². The number of nitrogens with zero attached hydrogens (tertiary/aromatic N) is 2. The Kier molecular flexibility index (Phi) is 4.93. The Morgan fingerprint density at radius 2 is 1.91 bits per heavy atom. The SMILES string of the molecule is COc1ccc(CC(=O)Nc2cc(C)nc(C)n2)c(OC)c1. The smallest absolute Gasteiger partial charge is 0.230 e. The lowest BCUT2D eigenvalue weighted by Gasteiger charge is -2.11. The molecule has 1 aromatic carbocycles. The number of aryl methyl sites for hydroxylation is 2. The molecule has 0 aliphatic carbocycles. The molecule has 0 saturated carbocycles. The van der Waals surface area contributed by atoms with Crippen LogP contribution in [0.25, 0.3) is 0 Å². The van der Waals surface area contributed by atoms with Crippen LogP contribution in [0.3, 0.4) is 0 Å². The number of benzene rings is 1. The largest absolute Gasteiger partial charge is 0.497 e. The van der Waals surface area contributed by atoms with Crippen molar-refractivity contribution in [2.75, 3.05) is 19.5 Å². The predicted octanol–water partition coefficient (Wildman–Crippen LogP) is 2.29. The first-order valence-corrected chi connectivity index (χ1v) is 6.85. The molecule has 1 N–H and O–H groups in total. The average Bonchev–Trinajstić information content (AvgIpc) is 2.46. The minimum absolute atomic E-state index is 0.166. The maximum atomic E-state index is 12.2. The van der Waals surface area contributed by atoms with E-state index in [9.17, 15) is 4.79 Å². The van der Waals surface area contributed by atoms with E-state index in [0.717, 1.165) is 11.3 Å². The van der Waals surface area contributed by atoms with Gasteiger partial charge in [-0.15, -0.1) is 0 Å². The van der Waals surface area contributed by atoms with E-state index in [4.69, 9.17) is 9.47 Å². The molecule has 6 nitrogen and oxygen atoms in total. The summed E-state index contributed by atoms with van der Waals surface area (Å²) in [6.07, 6.45) is 0.190. The molecule has 1 aromatic heterocycles. The lowest BCUT2D eigenvalue weighted by molar-refractivity contribution is -0.115. The van der Waals surface area contributed by atoms with Crippen LogP contribution in [0.2, 0.25) is 0 Å². The van der Waals surface area contributed by atoms with E-state index in [1.807, 2.05) is 13.0 Å². The molecule has 0 radical (unpaired) electrons. The number of ether oxygens (including phenoxy) is 2. The maximum absolute atomic E-state index is 12.2. The molecule has 0 bridgehead atoms. The summed E-state index contributed by atoms with van der Waals surface area (Å²) >= 11 is 0. The first-order chi connectivity index (χ1) is 10.5. The molecule has 0 saturated heterocycles. The van der Waals surface area contributed by atoms with E-state index in [2.05, 4.69) is 15.3 Å². The summed E-state index contributed by atoms with van der Waals surface area (Å²) in [5.41, 5.74) is 1.59. The van der Waals surface area contributed by atoms with Crippen molar-refractivity contribution in [1.82, 2.24) is 9.97 Å². The van der Waals surface area contributed by atoms with E-state index in [0.29, 0.717) is 23.1 Å². The molecule has 0 aliphatic heterocycles. The van der Waals surface area contributed by atoms with Crippen molar-refractivity contribution in [1.29, 1.82) is 0 Å². The van der Waals surface area contributed by atoms with Gasteiger partial charge in [-0.2, -0.15) is 0 Å². The topological polar surface area (TPSA) is 73.3 Å². The standard InChI is InChI=1S/C16H19N3O3/c1-10-7-15(18-11(2)17-10)19-16(20)8-12-5-6-13(21-3)9-14(12)22-4/h5-7,9H,8H2,1-4H3,(H,17,18,19,20). The van der Waals surface area contributed by atoms with Crippen LogP contribution in [-0.4, -0.2) is 30.1 Å². The van der Waals surface area contributed by atoms with Gasteiger partial charge in [0, 0.05) is 23.4 Å². The Labute approximate surface area is 129 Å². The molecule has 1 heterocycles. The molecule has 116 valence electrons. The molecule has 0 fully saturated rings. The van der Waals surface area contributed by atoms with Crippen LogP contribution in [0.15, 0.2) is 24.3 Å². The number of amides is 1. The number of aromatic nitrogens is 2. The molecule has 0 unspecified atom stereocenters. The van der Waals surface area contributed by atoms with E-state index < -0.39 is 0 Å². The third kappa shape index (κ3) is 3.94. The highest BCUT2D eigenvalue weighted by molar-refractivity contribution is 5.91. The molecule has 1 amide bonds. The highest BCUT2D eigenvalue weighted by atomic mass is 16.5. The Balaban J connectivity index is 2.11. The molecule has 6 heteroatoms. The van der Waals surface area contributed by atoms with Gasteiger partial charge >= 0.3 is 0 Å². The monoisotopic (exact) mass is 301 g/mol. The van der Waals surface area contributed by atoms with Gasteiger partial charge in [0.15, 0.2) is 0 Å². The number of methoxy groups -OCH3 is 2. The summed E-state index contributed by atoms with van der Waals surface area (Å²) in [4.78, 5) is 20.5. The van der Waals surface area contributed by atoms with Gasteiger partial charge in [0.1, 0.15) is 23.1 Å². The fourth-order valence-corrected chi connectivity index (χ4v) is 2.14. The molecule has 2 aromatic rings. The molecular formula is C16H19N3O3. The Morgan fingerprint density at radius 1 is 1.14 bits per heavy atom. The molecule has 0 atom stereocenters. The van der Waals surface area contributed by atoms with Crippen LogP contribution in [0, 0.1) is 13.8 Å². The number of nitrogens with one attached hydrogen (secondary N) is 1. The quantitative estimate of drug-likeness (QED) is 0.917. The van der Waals surface area contributed by atoms with Gasteiger partial charge in [-0.25, -0.2) is 9.97 Å². The van der Waals surface area contributed by atoms with Gasteiger partial charge in [-0.3, -0.25) is 4.79 Å². The predicted molar refractivity (Wildman–Crippen MR) is 83.4 cm³/mol. The van der Waals surface area contributed by atoms with Crippen molar-refractivity contribution in [3.63, 3.8) is 0 Å². The normalized spacial score (nSPS) is 10.2. The molecule has 0 spiro atoms. The van der Waals surface area contributed by atoms with Crippen LogP contribution in [0.5, 0.6) is 11.5 Å². The maximum Gasteiger partial charge on any atom is 0.230 e. The van der Waals surface area contributed by atoms with Gasteiger partial charge in [0.2, 0.25) is 5.91 Å². The first-order valence-electron chi connectivity index (χ1n) is 6.85. The van der Waals surface area contributed by atoms with Crippen molar-refractivity contribution in [2.24, 2.45) is 0 Å². The second kappa shape index (κ2) is 6.89. The highest BCUT2D eigenvalue weighted by Gasteiger charge is 2.11. The molecule has 22 heavy (non-hydrogen) atoms. The lowest BCUT2D eigenvalue weighted by Crippen LogP contribution is -2.16. The number of rotatable bonds is 5. The zero-order chi connectivity index (χ0) is 16.1. The Hall–Kier alpha value is -2.63. The van der Waals surface area contributed by atoms with Crippen LogP contribution in [0.4, 0.5) is 5.82 Å². The summed E-state index contributed by atoms with van der Waals surface area (Å²) < 4.78 is 10.4.